The van der Waals surface area contributed by atoms with E-state index >= 15 is 0 Å². The standard InChI is InChI=1S/C8H6ClF2NO2/c1-14-4-2-5(7(9)13)12-6(3-4)8(10)11/h2-3,8H,1H3. The van der Waals surface area contributed by atoms with Crippen LogP contribution >= 0.6 is 11.6 Å². The van der Waals surface area contributed by atoms with Gasteiger partial charge in [-0.2, -0.15) is 0 Å². The van der Waals surface area contributed by atoms with Crippen LogP contribution in [-0.2, 0) is 0 Å². The summed E-state index contributed by atoms with van der Waals surface area (Å²) in [5, 5.41) is -0.897. The van der Waals surface area contributed by atoms with Crippen molar-refractivity contribution in [3.05, 3.63) is 23.5 Å². The lowest BCUT2D eigenvalue weighted by Crippen LogP contribution is -2.00. The van der Waals surface area contributed by atoms with Gasteiger partial charge in [-0.05, 0) is 11.6 Å². The minimum absolute atomic E-state index is 0.124. The van der Waals surface area contributed by atoms with Crippen molar-refractivity contribution in [2.75, 3.05) is 7.11 Å². The number of halogens is 3. The summed E-state index contributed by atoms with van der Waals surface area (Å²) in [6, 6.07) is 2.25. The number of hydrogen-bond donors (Lipinski definition) is 0. The van der Waals surface area contributed by atoms with Crippen LogP contribution in [0.1, 0.15) is 22.6 Å². The van der Waals surface area contributed by atoms with Crippen molar-refractivity contribution in [1.29, 1.82) is 0 Å². The van der Waals surface area contributed by atoms with Gasteiger partial charge in [-0.25, -0.2) is 13.8 Å². The van der Waals surface area contributed by atoms with Gasteiger partial charge in [0, 0.05) is 12.1 Å². The van der Waals surface area contributed by atoms with E-state index in [-0.39, 0.29) is 11.4 Å². The number of hydrogen-bond acceptors (Lipinski definition) is 3. The normalized spacial score (nSPS) is 10.4. The molecule has 0 aliphatic heterocycles. The summed E-state index contributed by atoms with van der Waals surface area (Å²) in [4.78, 5) is 14.1. The summed E-state index contributed by atoms with van der Waals surface area (Å²) in [6.07, 6.45) is -2.76. The van der Waals surface area contributed by atoms with Crippen LogP contribution < -0.4 is 4.74 Å². The summed E-state index contributed by atoms with van der Waals surface area (Å²) in [7, 11) is 1.30. The predicted molar refractivity (Wildman–Crippen MR) is 45.9 cm³/mol. The zero-order valence-electron chi connectivity index (χ0n) is 7.13. The number of aromatic nitrogens is 1. The van der Waals surface area contributed by atoms with Crippen molar-refractivity contribution >= 4 is 16.8 Å². The van der Waals surface area contributed by atoms with Crippen LogP contribution in [0.15, 0.2) is 12.1 Å². The minimum Gasteiger partial charge on any atom is -0.497 e. The molecule has 1 rings (SSSR count). The van der Waals surface area contributed by atoms with Gasteiger partial charge in [0.15, 0.2) is 0 Å². The van der Waals surface area contributed by atoms with Gasteiger partial charge in [0.05, 0.1) is 7.11 Å². The molecule has 1 aromatic rings. The summed E-state index contributed by atoms with van der Waals surface area (Å²) >= 11 is 5.11. The van der Waals surface area contributed by atoms with E-state index in [1.807, 2.05) is 0 Å². The minimum atomic E-state index is -2.76. The van der Waals surface area contributed by atoms with E-state index in [2.05, 4.69) is 4.98 Å². The lowest BCUT2D eigenvalue weighted by Gasteiger charge is -2.04. The number of alkyl halides is 2. The summed E-state index contributed by atoms with van der Waals surface area (Å²) in [6.45, 7) is 0. The molecule has 3 nitrogen and oxygen atoms in total. The molecule has 0 atom stereocenters. The number of carbonyl (C=O) groups excluding carboxylic acids is 1. The molecule has 76 valence electrons. The van der Waals surface area contributed by atoms with Crippen LogP contribution in [0.5, 0.6) is 5.75 Å². The van der Waals surface area contributed by atoms with E-state index in [0.29, 0.717) is 0 Å². The zero-order chi connectivity index (χ0) is 10.7. The second-order valence-electron chi connectivity index (χ2n) is 2.39. The molecule has 0 radical (unpaired) electrons. The predicted octanol–water partition coefficient (Wildman–Crippen LogP) is 2.41. The summed E-state index contributed by atoms with van der Waals surface area (Å²) in [5.41, 5.74) is -0.783. The van der Waals surface area contributed by atoms with Crippen molar-refractivity contribution in [3.8, 4) is 5.75 Å². The molecule has 0 N–H and O–H groups in total. The first-order chi connectivity index (χ1) is 6.54. The van der Waals surface area contributed by atoms with Crippen molar-refractivity contribution in [2.24, 2.45) is 0 Å². The molecule has 0 saturated heterocycles. The third-order valence-electron chi connectivity index (χ3n) is 1.48. The molecule has 0 bridgehead atoms. The van der Waals surface area contributed by atoms with E-state index in [1.165, 1.54) is 13.2 Å². The van der Waals surface area contributed by atoms with Crippen molar-refractivity contribution < 1.29 is 18.3 Å². The Morgan fingerprint density at radius 2 is 2.21 bits per heavy atom. The van der Waals surface area contributed by atoms with E-state index in [1.54, 1.807) is 0 Å². The molecule has 1 heterocycles. The van der Waals surface area contributed by atoms with Crippen LogP contribution in [0.3, 0.4) is 0 Å². The Kier molecular flexibility index (Phi) is 3.35. The smallest absolute Gasteiger partial charge is 0.280 e. The molecule has 0 unspecified atom stereocenters. The molecule has 6 heteroatoms. The van der Waals surface area contributed by atoms with Crippen LogP contribution in [0, 0.1) is 0 Å². The van der Waals surface area contributed by atoms with Crippen LogP contribution in [0.2, 0.25) is 0 Å². The molecule has 0 saturated carbocycles. The largest absolute Gasteiger partial charge is 0.497 e. The highest BCUT2D eigenvalue weighted by Crippen LogP contribution is 2.22. The van der Waals surface area contributed by atoms with E-state index in [0.717, 1.165) is 6.07 Å². The highest BCUT2D eigenvalue weighted by atomic mass is 35.5. The quantitative estimate of drug-likeness (QED) is 0.736. The second kappa shape index (κ2) is 4.32. The molecular formula is C8H6ClF2NO2. The van der Waals surface area contributed by atoms with Crippen molar-refractivity contribution in [1.82, 2.24) is 4.98 Å². The van der Waals surface area contributed by atoms with Gasteiger partial charge >= 0.3 is 0 Å². The molecule has 0 fully saturated rings. The Morgan fingerprint density at radius 3 is 2.64 bits per heavy atom. The number of rotatable bonds is 3. The first kappa shape index (κ1) is 10.8. The van der Waals surface area contributed by atoms with E-state index < -0.39 is 17.4 Å². The van der Waals surface area contributed by atoms with Gasteiger partial charge in [-0.3, -0.25) is 4.79 Å². The number of methoxy groups -OCH3 is 1. The Labute approximate surface area is 83.7 Å². The molecule has 0 aliphatic carbocycles. The second-order valence-corrected chi connectivity index (χ2v) is 2.73. The van der Waals surface area contributed by atoms with Crippen LogP contribution in [0.4, 0.5) is 8.78 Å². The molecule has 0 aliphatic rings. The number of ether oxygens (including phenoxy) is 1. The average Bonchev–Trinajstić information content (AvgIpc) is 2.16. The monoisotopic (exact) mass is 221 g/mol. The van der Waals surface area contributed by atoms with E-state index in [9.17, 15) is 13.6 Å². The number of nitrogens with zero attached hydrogens (tertiary/aromatic N) is 1. The lowest BCUT2D eigenvalue weighted by molar-refractivity contribution is 0.107. The first-order valence-corrected chi connectivity index (χ1v) is 3.96. The number of pyridine rings is 1. The maximum absolute atomic E-state index is 12.3. The fourth-order valence-electron chi connectivity index (χ4n) is 0.856. The molecule has 0 aromatic carbocycles. The van der Waals surface area contributed by atoms with E-state index in [4.69, 9.17) is 16.3 Å². The maximum atomic E-state index is 12.3. The van der Waals surface area contributed by atoms with Crippen molar-refractivity contribution in [3.63, 3.8) is 0 Å². The Hall–Kier alpha value is -1.23. The molecular weight excluding hydrogens is 216 g/mol. The number of carbonyl (C=O) groups is 1. The summed E-state index contributed by atoms with van der Waals surface area (Å²) in [5.74, 6) is 0.124. The average molecular weight is 222 g/mol. The Bertz CT molecular complexity index is 357. The molecule has 14 heavy (non-hydrogen) atoms. The fourth-order valence-corrected chi connectivity index (χ4v) is 0.953. The van der Waals surface area contributed by atoms with Crippen LogP contribution in [0.25, 0.3) is 0 Å². The Morgan fingerprint density at radius 1 is 1.57 bits per heavy atom. The molecule has 1 aromatic heterocycles. The van der Waals surface area contributed by atoms with Crippen LogP contribution in [-0.4, -0.2) is 17.3 Å². The first-order valence-electron chi connectivity index (χ1n) is 3.58. The lowest BCUT2D eigenvalue weighted by atomic mass is 10.3. The topological polar surface area (TPSA) is 39.2 Å². The third-order valence-corrected chi connectivity index (χ3v) is 1.67. The van der Waals surface area contributed by atoms with Gasteiger partial charge < -0.3 is 4.74 Å². The highest BCUT2D eigenvalue weighted by Gasteiger charge is 2.14. The van der Waals surface area contributed by atoms with Gasteiger partial charge in [0.2, 0.25) is 0 Å². The van der Waals surface area contributed by atoms with Crippen molar-refractivity contribution in [2.45, 2.75) is 6.43 Å². The summed E-state index contributed by atoms with van der Waals surface area (Å²) < 4.78 is 29.2. The fraction of sp³-hybridized carbons (Fsp3) is 0.250. The maximum Gasteiger partial charge on any atom is 0.280 e. The zero-order valence-corrected chi connectivity index (χ0v) is 7.89. The van der Waals surface area contributed by atoms with Gasteiger partial charge in [0.1, 0.15) is 17.1 Å². The Balaban J connectivity index is 3.20. The van der Waals surface area contributed by atoms with Gasteiger partial charge in [-0.1, -0.05) is 0 Å². The third kappa shape index (κ3) is 2.38. The SMILES string of the molecule is COc1cc(C(=O)Cl)nc(C(F)F)c1. The van der Waals surface area contributed by atoms with Gasteiger partial charge in [0.25, 0.3) is 11.7 Å². The molecule has 0 spiro atoms. The highest BCUT2D eigenvalue weighted by molar-refractivity contribution is 6.67. The van der Waals surface area contributed by atoms with Gasteiger partial charge in [-0.15, -0.1) is 0 Å². The molecule has 0 amide bonds.